The second-order valence-corrected chi connectivity index (χ2v) is 11.4. The van der Waals surface area contributed by atoms with Crippen molar-refractivity contribution < 1.29 is 14.3 Å². The van der Waals surface area contributed by atoms with E-state index in [1.807, 2.05) is 40.9 Å². The largest absolute Gasteiger partial charge is 0.456 e. The number of nitrogens with zero attached hydrogens (tertiary/aromatic N) is 1. The lowest BCUT2D eigenvalue weighted by Crippen LogP contribution is -2.29. The summed E-state index contributed by atoms with van der Waals surface area (Å²) in [6.07, 6.45) is 4.22. The van der Waals surface area contributed by atoms with E-state index in [2.05, 4.69) is 34.8 Å². The molecule has 0 saturated heterocycles. The highest BCUT2D eigenvalue weighted by molar-refractivity contribution is 7.16. The number of hydrogen-bond donors (Lipinski definition) is 2. The number of carbonyl (C=O) groups excluding carboxylic acids is 2. The maximum Gasteiger partial charge on any atom is 0.341 e. The molecule has 0 aliphatic carbocycles. The summed E-state index contributed by atoms with van der Waals surface area (Å²) in [5, 5.41) is 8.44. The zero-order chi connectivity index (χ0) is 23.9. The van der Waals surface area contributed by atoms with Crippen molar-refractivity contribution in [2.75, 3.05) is 19.4 Å². The molecule has 2 heterocycles. The van der Waals surface area contributed by atoms with Crippen LogP contribution in [-0.2, 0) is 24.2 Å². The van der Waals surface area contributed by atoms with Gasteiger partial charge in [-0.2, -0.15) is 0 Å². The molecule has 0 radical (unpaired) electrons. The van der Waals surface area contributed by atoms with E-state index in [1.165, 1.54) is 21.8 Å². The number of aryl methyl sites for hydroxylation is 1. The van der Waals surface area contributed by atoms with Gasteiger partial charge in [-0.3, -0.25) is 5.32 Å². The summed E-state index contributed by atoms with van der Waals surface area (Å²) >= 11 is 3.16. The van der Waals surface area contributed by atoms with Gasteiger partial charge in [0.2, 0.25) is 0 Å². The highest BCUT2D eigenvalue weighted by Crippen LogP contribution is 2.31. The van der Waals surface area contributed by atoms with Gasteiger partial charge in [0.25, 0.3) is 0 Å². The molecule has 2 N–H and O–H groups in total. The maximum atomic E-state index is 12.7. The summed E-state index contributed by atoms with van der Waals surface area (Å²) in [4.78, 5) is 29.9. The minimum atomic E-state index is -0.596. The van der Waals surface area contributed by atoms with Gasteiger partial charge < -0.3 is 15.0 Å². The number of esters is 1. The molecule has 2 rings (SSSR count). The van der Waals surface area contributed by atoms with Crippen molar-refractivity contribution in [2.45, 2.75) is 79.0 Å². The Balaban J connectivity index is 2.08. The van der Waals surface area contributed by atoms with E-state index < -0.39 is 11.6 Å². The Morgan fingerprint density at radius 1 is 1.19 bits per heavy atom. The molecule has 8 heteroatoms. The molecule has 2 aromatic rings. The number of hydrogen-bond acceptors (Lipinski definition) is 6. The van der Waals surface area contributed by atoms with Crippen LogP contribution >= 0.6 is 22.7 Å². The average molecular weight is 480 g/mol. The topological polar surface area (TPSA) is 70.7 Å². The Labute approximate surface area is 200 Å². The molecule has 0 fully saturated rings. The number of amides is 2. The first kappa shape index (κ1) is 26.4. The van der Waals surface area contributed by atoms with Gasteiger partial charge in [0.1, 0.15) is 10.6 Å². The fraction of sp³-hybridized carbons (Fsp3) is 0.583. The van der Waals surface area contributed by atoms with Crippen LogP contribution in [0.2, 0.25) is 0 Å². The second kappa shape index (κ2) is 11.8. The molecule has 0 spiro atoms. The van der Waals surface area contributed by atoms with Crippen molar-refractivity contribution >= 4 is 39.7 Å². The van der Waals surface area contributed by atoms with Gasteiger partial charge in [0.05, 0.1) is 5.56 Å². The van der Waals surface area contributed by atoms with E-state index in [0.29, 0.717) is 17.1 Å². The highest BCUT2D eigenvalue weighted by atomic mass is 32.1. The third kappa shape index (κ3) is 8.22. The zero-order valence-corrected chi connectivity index (χ0v) is 22.0. The summed E-state index contributed by atoms with van der Waals surface area (Å²) in [5.41, 5.74) is 2.15. The first-order valence-electron chi connectivity index (χ1n) is 11.1. The number of urea groups is 1. The van der Waals surface area contributed by atoms with Crippen molar-refractivity contribution in [1.82, 2.24) is 10.2 Å². The van der Waals surface area contributed by atoms with Crippen LogP contribution in [0.15, 0.2) is 11.4 Å². The highest BCUT2D eigenvalue weighted by Gasteiger charge is 2.24. The van der Waals surface area contributed by atoms with Crippen LogP contribution < -0.4 is 10.6 Å². The summed E-state index contributed by atoms with van der Waals surface area (Å²) in [6, 6.07) is 1.54. The minimum Gasteiger partial charge on any atom is -0.456 e. The van der Waals surface area contributed by atoms with Gasteiger partial charge in [-0.15, -0.1) is 22.7 Å². The Bertz CT molecular complexity index is 910. The SMILES string of the molecule is CCCCCc1cc(C(=O)OC(C)(C)C)c(NC(=O)NCc2csc(CN(C)C)c2C)s1. The lowest BCUT2D eigenvalue weighted by Gasteiger charge is -2.19. The quantitative estimate of drug-likeness (QED) is 0.315. The maximum absolute atomic E-state index is 12.7. The van der Waals surface area contributed by atoms with Gasteiger partial charge in [-0.1, -0.05) is 19.8 Å². The molecule has 0 bridgehead atoms. The van der Waals surface area contributed by atoms with E-state index >= 15 is 0 Å². The number of thiophene rings is 2. The predicted molar refractivity (Wildman–Crippen MR) is 135 cm³/mol. The molecule has 0 aliphatic heterocycles. The van der Waals surface area contributed by atoms with Crippen molar-refractivity contribution in [3.05, 3.63) is 37.9 Å². The Kier molecular flexibility index (Phi) is 9.73. The lowest BCUT2D eigenvalue weighted by atomic mass is 10.1. The fourth-order valence-corrected chi connectivity index (χ4v) is 5.40. The number of nitrogens with one attached hydrogen (secondary N) is 2. The molecule has 0 unspecified atom stereocenters. The van der Waals surface area contributed by atoms with E-state index in [1.54, 1.807) is 11.3 Å². The monoisotopic (exact) mass is 479 g/mol. The second-order valence-electron chi connectivity index (χ2n) is 9.27. The van der Waals surface area contributed by atoms with Gasteiger partial charge in [0.15, 0.2) is 0 Å². The summed E-state index contributed by atoms with van der Waals surface area (Å²) in [6.45, 7) is 11.1. The molecule has 2 aromatic heterocycles. The zero-order valence-electron chi connectivity index (χ0n) is 20.4. The van der Waals surface area contributed by atoms with Crippen molar-refractivity contribution in [2.24, 2.45) is 0 Å². The lowest BCUT2D eigenvalue weighted by molar-refractivity contribution is 0.00712. The molecular weight excluding hydrogens is 442 g/mol. The van der Waals surface area contributed by atoms with Crippen molar-refractivity contribution in [1.29, 1.82) is 0 Å². The summed E-state index contributed by atoms with van der Waals surface area (Å²) in [5.74, 6) is -0.409. The van der Waals surface area contributed by atoms with Crippen LogP contribution in [0.1, 0.15) is 78.2 Å². The molecule has 6 nitrogen and oxygen atoms in total. The first-order valence-corrected chi connectivity index (χ1v) is 12.8. The number of carbonyl (C=O) groups is 2. The Morgan fingerprint density at radius 2 is 1.91 bits per heavy atom. The van der Waals surface area contributed by atoms with Gasteiger partial charge in [0, 0.05) is 22.8 Å². The van der Waals surface area contributed by atoms with Crippen LogP contribution in [-0.4, -0.2) is 36.6 Å². The normalized spacial score (nSPS) is 11.6. The molecule has 178 valence electrons. The van der Waals surface area contributed by atoms with Crippen molar-refractivity contribution in [3.8, 4) is 0 Å². The van der Waals surface area contributed by atoms with Gasteiger partial charge >= 0.3 is 12.0 Å². The number of ether oxygens (including phenoxy) is 1. The van der Waals surface area contributed by atoms with Crippen LogP contribution in [0, 0.1) is 6.92 Å². The van der Waals surface area contributed by atoms with E-state index in [9.17, 15) is 9.59 Å². The molecule has 0 aromatic carbocycles. The van der Waals surface area contributed by atoms with Gasteiger partial charge in [-0.25, -0.2) is 9.59 Å². The van der Waals surface area contributed by atoms with Crippen LogP contribution in [0.25, 0.3) is 0 Å². The third-order valence-electron chi connectivity index (χ3n) is 4.80. The molecular formula is C24H37N3O3S2. The molecule has 0 saturated carbocycles. The Morgan fingerprint density at radius 3 is 2.53 bits per heavy atom. The number of rotatable bonds is 10. The Hall–Kier alpha value is -1.90. The van der Waals surface area contributed by atoms with Crippen LogP contribution in [0.5, 0.6) is 0 Å². The minimum absolute atomic E-state index is 0.323. The molecule has 32 heavy (non-hydrogen) atoms. The first-order chi connectivity index (χ1) is 15.0. The smallest absolute Gasteiger partial charge is 0.341 e. The van der Waals surface area contributed by atoms with E-state index in [4.69, 9.17) is 4.74 Å². The van der Waals surface area contributed by atoms with Gasteiger partial charge in [-0.05, 0) is 77.2 Å². The molecule has 0 aliphatic rings. The fourth-order valence-electron chi connectivity index (χ4n) is 3.13. The average Bonchev–Trinajstić information content (AvgIpc) is 3.22. The van der Waals surface area contributed by atoms with Crippen molar-refractivity contribution in [3.63, 3.8) is 0 Å². The number of unbranched alkanes of at least 4 members (excludes halogenated alkanes) is 2. The van der Waals surface area contributed by atoms with Crippen LogP contribution in [0.3, 0.4) is 0 Å². The van der Waals surface area contributed by atoms with E-state index in [0.717, 1.165) is 42.7 Å². The third-order valence-corrected chi connectivity index (χ3v) is 7.03. The summed E-state index contributed by atoms with van der Waals surface area (Å²) < 4.78 is 5.56. The standard InChI is InChI=1S/C24H37N3O3S2/c1-8-9-10-11-18-12-19(22(28)30-24(3,4)5)21(32-18)26-23(29)25-13-17-15-31-20(16(17)2)14-27(6)7/h12,15H,8-11,13-14H2,1-7H3,(H2,25,26,29). The van der Waals surface area contributed by atoms with Crippen LogP contribution in [0.4, 0.5) is 9.80 Å². The van der Waals surface area contributed by atoms with E-state index in [-0.39, 0.29) is 6.03 Å². The predicted octanol–water partition coefficient (Wildman–Crippen LogP) is 6.19. The molecule has 0 atom stereocenters. The summed E-state index contributed by atoms with van der Waals surface area (Å²) in [7, 11) is 4.09. The number of anilines is 1. The molecule has 2 amide bonds.